The van der Waals surface area contributed by atoms with Crippen molar-refractivity contribution >= 4 is 69.2 Å². The summed E-state index contributed by atoms with van der Waals surface area (Å²) in [5, 5.41) is 50.4. The summed E-state index contributed by atoms with van der Waals surface area (Å²) in [4.78, 5) is 0. The second-order valence-electron chi connectivity index (χ2n) is 5.31. The largest absolute Gasteiger partial charge is 0.508 e. The lowest BCUT2D eigenvalue weighted by atomic mass is 9.73. The van der Waals surface area contributed by atoms with Gasteiger partial charge in [0, 0.05) is 4.47 Å². The minimum atomic E-state index is -0.622. The molecule has 0 radical (unpaired) electrons. The number of hydrogen-bond donors (Lipinski definition) is 5. The van der Waals surface area contributed by atoms with E-state index in [1.807, 2.05) is 0 Å². The molecule has 2 rings (SSSR count). The first-order valence-electron chi connectivity index (χ1n) is 6.56. The molecule has 22 heavy (non-hydrogen) atoms. The maximum atomic E-state index is 10.4. The zero-order chi connectivity index (χ0) is 16.9. The lowest BCUT2D eigenvalue weighted by molar-refractivity contribution is 0.372. The second kappa shape index (κ2) is 5.43. The average molecular weight is 360 g/mol. The molecule has 110 valence electrons. The minimum Gasteiger partial charge on any atom is -0.508 e. The van der Waals surface area contributed by atoms with Gasteiger partial charge in [0.1, 0.15) is 42.9 Å². The molecule has 0 saturated carbocycles. The van der Waals surface area contributed by atoms with Crippen LogP contribution in [0.25, 0.3) is 11.1 Å². The molecule has 5 N–H and O–H groups in total. The molecule has 0 amide bonds. The first kappa shape index (κ1) is 16.5. The maximum Gasteiger partial charge on any atom is 0.199 e. The van der Waals surface area contributed by atoms with E-state index in [1.54, 1.807) is 15.7 Å². The van der Waals surface area contributed by atoms with Crippen LogP contribution in [0.1, 0.15) is 0 Å². The van der Waals surface area contributed by atoms with Crippen LogP contribution in [0.4, 0.5) is 0 Å². The molecule has 0 fully saturated rings. The van der Waals surface area contributed by atoms with Gasteiger partial charge in [-0.05, 0) is 27.4 Å². The van der Waals surface area contributed by atoms with Gasteiger partial charge in [-0.1, -0.05) is 15.9 Å². The fourth-order valence-corrected chi connectivity index (χ4v) is 2.95. The number of halogens is 1. The van der Waals surface area contributed by atoms with Crippen molar-refractivity contribution in [3.05, 3.63) is 4.47 Å². The third kappa shape index (κ3) is 2.13. The van der Waals surface area contributed by atoms with Crippen molar-refractivity contribution in [3.63, 3.8) is 0 Å². The molecule has 0 atom stereocenters. The summed E-state index contributed by atoms with van der Waals surface area (Å²) >= 11 is 3.31. The van der Waals surface area contributed by atoms with E-state index in [1.165, 1.54) is 15.7 Å². The molecule has 0 aliphatic carbocycles. The van der Waals surface area contributed by atoms with Crippen LogP contribution in [0.5, 0.6) is 28.7 Å². The Morgan fingerprint density at radius 3 is 1.23 bits per heavy atom. The Balaban J connectivity index is 3.03. The van der Waals surface area contributed by atoms with Gasteiger partial charge in [0.25, 0.3) is 0 Å². The standard InChI is InChI=1S/C12H13B4BrO5/c13-3-1(4(14)11(21)12(22)10(3)20)2-8(18)5(15)7(17)6(16)9(2)19/h18-22H,13-16H2. The highest BCUT2D eigenvalue weighted by atomic mass is 79.9. The maximum absolute atomic E-state index is 10.4. The van der Waals surface area contributed by atoms with Crippen molar-refractivity contribution in [1.29, 1.82) is 0 Å². The number of hydrogen-bond acceptors (Lipinski definition) is 5. The van der Waals surface area contributed by atoms with Crippen LogP contribution in [0, 0.1) is 0 Å². The van der Waals surface area contributed by atoms with E-state index in [9.17, 15) is 25.5 Å². The Morgan fingerprint density at radius 1 is 0.500 bits per heavy atom. The molecule has 0 spiro atoms. The van der Waals surface area contributed by atoms with E-state index >= 15 is 0 Å². The van der Waals surface area contributed by atoms with Crippen LogP contribution in [-0.4, -0.2) is 56.9 Å². The number of aromatic hydroxyl groups is 5. The first-order valence-corrected chi connectivity index (χ1v) is 7.35. The Bertz CT molecular complexity index is 684. The van der Waals surface area contributed by atoms with E-state index in [-0.39, 0.29) is 33.6 Å². The zero-order valence-corrected chi connectivity index (χ0v) is 14.2. The molecule has 0 aliphatic heterocycles. The van der Waals surface area contributed by atoms with E-state index < -0.39 is 17.2 Å². The molecule has 0 unspecified atom stereocenters. The molecule has 0 saturated heterocycles. The Labute approximate surface area is 139 Å². The Morgan fingerprint density at radius 2 is 0.864 bits per heavy atom. The number of phenolic OH excluding ortho intramolecular Hbond substituents is 5. The van der Waals surface area contributed by atoms with Gasteiger partial charge in [0.2, 0.25) is 0 Å². The third-order valence-corrected chi connectivity index (χ3v) is 5.19. The van der Waals surface area contributed by atoms with Gasteiger partial charge in [0.05, 0.1) is 5.56 Å². The minimum absolute atomic E-state index is 0.110. The fourth-order valence-electron chi connectivity index (χ4n) is 2.57. The molecule has 0 heterocycles. The lowest BCUT2D eigenvalue weighted by Crippen LogP contribution is -2.25. The molecular formula is C12H13B4BrO5. The van der Waals surface area contributed by atoms with Gasteiger partial charge in [-0.25, -0.2) is 0 Å². The quantitative estimate of drug-likeness (QED) is 0.262. The predicted molar refractivity (Wildman–Crippen MR) is 101 cm³/mol. The van der Waals surface area contributed by atoms with Gasteiger partial charge < -0.3 is 25.5 Å². The molecular weight excluding hydrogens is 347 g/mol. The van der Waals surface area contributed by atoms with Crippen LogP contribution >= 0.6 is 15.9 Å². The molecule has 0 bridgehead atoms. The second-order valence-corrected chi connectivity index (χ2v) is 6.10. The van der Waals surface area contributed by atoms with Gasteiger partial charge in [-0.15, -0.1) is 0 Å². The number of phenols is 5. The summed E-state index contributed by atoms with van der Waals surface area (Å²) < 4.78 is 0.578. The highest BCUT2D eigenvalue weighted by Crippen LogP contribution is 2.40. The first-order chi connectivity index (χ1) is 10.1. The lowest BCUT2D eigenvalue weighted by Gasteiger charge is -2.21. The number of rotatable bonds is 1. The summed E-state index contributed by atoms with van der Waals surface area (Å²) in [5.41, 5.74) is 1.94. The van der Waals surface area contributed by atoms with Gasteiger partial charge in [0.15, 0.2) is 17.2 Å². The summed E-state index contributed by atoms with van der Waals surface area (Å²) in [5.74, 6) is -1.93. The van der Waals surface area contributed by atoms with E-state index in [2.05, 4.69) is 15.9 Å². The molecule has 5 nitrogen and oxygen atoms in total. The summed E-state index contributed by atoms with van der Waals surface area (Å²) in [6, 6.07) is 0. The molecule has 10 heteroatoms. The third-order valence-electron chi connectivity index (χ3n) is 4.00. The highest BCUT2D eigenvalue weighted by molar-refractivity contribution is 9.10. The average Bonchev–Trinajstić information content (AvgIpc) is 2.50. The van der Waals surface area contributed by atoms with Crippen molar-refractivity contribution in [3.8, 4) is 39.9 Å². The summed E-state index contributed by atoms with van der Waals surface area (Å²) in [6.07, 6.45) is 0. The van der Waals surface area contributed by atoms with Crippen molar-refractivity contribution < 1.29 is 25.5 Å². The summed E-state index contributed by atoms with van der Waals surface area (Å²) in [6.45, 7) is 0. The number of benzene rings is 2. The zero-order valence-electron chi connectivity index (χ0n) is 12.6. The predicted octanol–water partition coefficient (Wildman–Crippen LogP) is -4.32. The molecule has 2 aromatic carbocycles. The van der Waals surface area contributed by atoms with Crippen LogP contribution in [0.3, 0.4) is 0 Å². The smallest absolute Gasteiger partial charge is 0.199 e. The van der Waals surface area contributed by atoms with Crippen LogP contribution in [-0.2, 0) is 0 Å². The SMILES string of the molecule is Bc1c(O)c(-c2c(B)c(O)c(O)c(O)c2B)c(O)c(B)c1Br. The van der Waals surface area contributed by atoms with Crippen molar-refractivity contribution in [2.45, 2.75) is 0 Å². The monoisotopic (exact) mass is 360 g/mol. The topological polar surface area (TPSA) is 101 Å². The van der Waals surface area contributed by atoms with Crippen LogP contribution in [0.15, 0.2) is 4.47 Å². The van der Waals surface area contributed by atoms with Crippen molar-refractivity contribution in [2.24, 2.45) is 0 Å². The Hall–Kier alpha value is -1.82. The molecule has 2 aromatic rings. The van der Waals surface area contributed by atoms with Crippen LogP contribution in [0.2, 0.25) is 0 Å². The summed E-state index contributed by atoms with van der Waals surface area (Å²) in [7, 11) is 6.42. The van der Waals surface area contributed by atoms with Crippen molar-refractivity contribution in [2.75, 3.05) is 0 Å². The Kier molecular flexibility index (Phi) is 4.08. The van der Waals surface area contributed by atoms with Gasteiger partial charge in [-0.3, -0.25) is 0 Å². The van der Waals surface area contributed by atoms with Crippen LogP contribution < -0.4 is 21.9 Å². The van der Waals surface area contributed by atoms with Crippen molar-refractivity contribution in [1.82, 2.24) is 0 Å². The fraction of sp³-hybridized carbons (Fsp3) is 0. The van der Waals surface area contributed by atoms with E-state index in [0.29, 0.717) is 15.4 Å². The highest BCUT2D eigenvalue weighted by Gasteiger charge is 2.25. The van der Waals surface area contributed by atoms with Gasteiger partial charge in [-0.2, -0.15) is 0 Å². The van der Waals surface area contributed by atoms with Gasteiger partial charge >= 0.3 is 0 Å². The van der Waals surface area contributed by atoms with E-state index in [4.69, 9.17) is 0 Å². The molecule has 0 aliphatic rings. The van der Waals surface area contributed by atoms with E-state index in [0.717, 1.165) is 0 Å². The normalized spacial score (nSPS) is 10.8. The molecule has 0 aromatic heterocycles.